The zero-order chi connectivity index (χ0) is 41.7. The van der Waals surface area contributed by atoms with Crippen LogP contribution in [0.3, 0.4) is 0 Å². The van der Waals surface area contributed by atoms with Crippen LogP contribution < -0.4 is 9.64 Å². The van der Waals surface area contributed by atoms with E-state index >= 15 is 0 Å². The Kier molecular flexibility index (Phi) is 9.45. The summed E-state index contributed by atoms with van der Waals surface area (Å²) in [7, 11) is 0. The van der Waals surface area contributed by atoms with Gasteiger partial charge < -0.3 is 14.2 Å². The summed E-state index contributed by atoms with van der Waals surface area (Å²) in [5.41, 5.74) is 17.5. The molecule has 0 amide bonds. The van der Waals surface area contributed by atoms with Crippen molar-refractivity contribution in [2.45, 2.75) is 62.9 Å². The zero-order valence-electron chi connectivity index (χ0n) is 35.4. The molecule has 0 spiro atoms. The third kappa shape index (κ3) is 6.70. The zero-order valence-corrected chi connectivity index (χ0v) is 35.4. The number of anilines is 3. The normalized spacial score (nSPS) is 19.2. The Hall–Kier alpha value is -7.28. The van der Waals surface area contributed by atoms with Gasteiger partial charge in [-0.1, -0.05) is 140 Å². The summed E-state index contributed by atoms with van der Waals surface area (Å²) in [5.74, 6) is 1.91. The maximum atomic E-state index is 6.69. The van der Waals surface area contributed by atoms with Gasteiger partial charge in [-0.2, -0.15) is 0 Å². The molecule has 304 valence electrons. The lowest BCUT2D eigenvalue weighted by Gasteiger charge is -2.33. The molecule has 1 aromatic heterocycles. The van der Waals surface area contributed by atoms with Gasteiger partial charge in [0.2, 0.25) is 0 Å². The lowest BCUT2D eigenvalue weighted by atomic mass is 9.74. The van der Waals surface area contributed by atoms with Crippen LogP contribution in [0.1, 0.15) is 84.6 Å². The number of ether oxygens (including phenoxy) is 1. The van der Waals surface area contributed by atoms with E-state index in [4.69, 9.17) is 4.74 Å². The molecule has 2 heterocycles. The summed E-state index contributed by atoms with van der Waals surface area (Å²) in [6, 6.07) is 66.8. The number of fused-ring (bicyclic) bond motifs is 6. The van der Waals surface area contributed by atoms with E-state index in [9.17, 15) is 0 Å². The van der Waals surface area contributed by atoms with E-state index in [1.165, 1.54) is 79.4 Å². The Balaban J connectivity index is 0.885. The van der Waals surface area contributed by atoms with Crippen LogP contribution in [0.2, 0.25) is 0 Å². The topological polar surface area (TPSA) is 17.4 Å². The van der Waals surface area contributed by atoms with Crippen LogP contribution in [0.4, 0.5) is 17.1 Å². The molecular weight excluding hydrogens is 765 g/mol. The van der Waals surface area contributed by atoms with Gasteiger partial charge in [0, 0.05) is 50.8 Å². The number of hydrogen-bond acceptors (Lipinski definition) is 2. The SMILES string of the molecule is c1ccc2c3ccccc3n(C3=CCCC=C3c3ccc(N(c4ccc(C5=CC=C(c6ccccc6)CC5)cc4)c4ccc(C5CCCC6c7ccccc7OC56)cc4)cc3)c2c#1. The van der Waals surface area contributed by atoms with E-state index < -0.39 is 0 Å². The Morgan fingerprint density at radius 3 is 1.95 bits per heavy atom. The Bertz CT molecular complexity index is 3060. The highest BCUT2D eigenvalue weighted by Gasteiger charge is 2.42. The van der Waals surface area contributed by atoms with Gasteiger partial charge in [0.1, 0.15) is 17.4 Å². The second kappa shape index (κ2) is 15.9. The molecule has 0 saturated heterocycles. The van der Waals surface area contributed by atoms with Gasteiger partial charge in [-0.25, -0.2) is 0 Å². The molecule has 0 bridgehead atoms. The molecule has 1 fully saturated rings. The fourth-order valence-electron chi connectivity index (χ4n) is 10.9. The number of rotatable bonds is 8. The van der Waals surface area contributed by atoms with E-state index in [1.54, 1.807) is 0 Å². The first-order valence-electron chi connectivity index (χ1n) is 22.8. The van der Waals surface area contributed by atoms with Crippen molar-refractivity contribution in [1.82, 2.24) is 4.57 Å². The van der Waals surface area contributed by atoms with Crippen molar-refractivity contribution in [3.63, 3.8) is 0 Å². The van der Waals surface area contributed by atoms with E-state index in [2.05, 4.69) is 204 Å². The third-order valence-electron chi connectivity index (χ3n) is 14.0. The fourth-order valence-corrected chi connectivity index (χ4v) is 10.9. The summed E-state index contributed by atoms with van der Waals surface area (Å²) in [5, 5.41) is 2.44. The highest BCUT2D eigenvalue weighted by Crippen LogP contribution is 2.51. The molecule has 4 aliphatic rings. The summed E-state index contributed by atoms with van der Waals surface area (Å²) < 4.78 is 9.07. The average Bonchev–Trinajstić information content (AvgIpc) is 3.91. The first-order valence-corrected chi connectivity index (χ1v) is 22.8. The maximum Gasteiger partial charge on any atom is 0.123 e. The standard InChI is InChI=1S/C60H48N2O/c1-2-13-41(14-3-1)42-25-27-43(28-26-42)44-29-35-47(36-30-44)61(49-39-33-46(34-40-49)51-19-12-20-55-54-18-7-11-24-59(54)63-60(51)55)48-37-31-45(32-38-48)50-15-4-8-21-56(50)62-57-22-9-5-16-52(57)53-17-6-10-23-58(53)62/h1-3,5-7,9,11,13-18,21-22,24-25,27,29-40,51,55,60H,4,8,12,19-20,26,28H2. The number of para-hydroxylation sites is 2. The van der Waals surface area contributed by atoms with E-state index in [1.807, 2.05) is 6.07 Å². The second-order valence-corrected chi connectivity index (χ2v) is 17.5. The molecule has 0 radical (unpaired) electrons. The first-order chi connectivity index (χ1) is 31.2. The molecule has 12 rings (SSSR count). The van der Waals surface area contributed by atoms with Gasteiger partial charge in [0.15, 0.2) is 0 Å². The monoisotopic (exact) mass is 812 g/mol. The number of aromatic nitrogens is 1. The number of nitrogens with zero attached hydrogens (tertiary/aromatic N) is 2. The summed E-state index contributed by atoms with van der Waals surface area (Å²) >= 11 is 0. The molecule has 3 nitrogen and oxygen atoms in total. The molecule has 1 aliphatic heterocycles. The molecule has 3 unspecified atom stereocenters. The van der Waals surface area contributed by atoms with E-state index in [0.29, 0.717) is 11.8 Å². The predicted molar refractivity (Wildman–Crippen MR) is 262 cm³/mol. The van der Waals surface area contributed by atoms with Crippen LogP contribution in [-0.4, -0.2) is 10.7 Å². The smallest absolute Gasteiger partial charge is 0.123 e. The molecule has 3 aliphatic carbocycles. The minimum atomic E-state index is 0.192. The summed E-state index contributed by atoms with van der Waals surface area (Å²) in [6.45, 7) is 0. The highest BCUT2D eigenvalue weighted by molar-refractivity contribution is 6.13. The quantitative estimate of drug-likeness (QED) is 0.152. The Labute approximate surface area is 370 Å². The molecular formula is C60H48N2O. The van der Waals surface area contributed by atoms with Crippen LogP contribution in [0.25, 0.3) is 44.2 Å². The predicted octanol–water partition coefficient (Wildman–Crippen LogP) is 15.7. The number of allylic oxidation sites excluding steroid dienone is 8. The van der Waals surface area contributed by atoms with Crippen LogP contribution in [-0.2, 0) is 0 Å². The summed E-state index contributed by atoms with van der Waals surface area (Å²) in [6.07, 6.45) is 17.3. The molecule has 3 atom stereocenters. The molecule has 8 aromatic rings. The van der Waals surface area contributed by atoms with Crippen LogP contribution in [0.15, 0.2) is 188 Å². The minimum Gasteiger partial charge on any atom is -0.489 e. The van der Waals surface area contributed by atoms with Gasteiger partial charge in [0.25, 0.3) is 0 Å². The van der Waals surface area contributed by atoms with Crippen molar-refractivity contribution >= 4 is 61.3 Å². The third-order valence-corrected chi connectivity index (χ3v) is 14.0. The highest BCUT2D eigenvalue weighted by atomic mass is 16.5. The molecule has 1 saturated carbocycles. The van der Waals surface area contributed by atoms with Crippen molar-refractivity contribution in [2.24, 2.45) is 0 Å². The largest absolute Gasteiger partial charge is 0.489 e. The Morgan fingerprint density at radius 2 is 1.19 bits per heavy atom. The maximum absolute atomic E-state index is 6.69. The van der Waals surface area contributed by atoms with Crippen LogP contribution in [0, 0.1) is 12.1 Å². The van der Waals surface area contributed by atoms with Crippen molar-refractivity contribution in [3.8, 4) is 5.75 Å². The van der Waals surface area contributed by atoms with Crippen LogP contribution in [0.5, 0.6) is 5.75 Å². The fraction of sp³-hybridized carbons (Fsp3) is 0.167. The van der Waals surface area contributed by atoms with E-state index in [-0.39, 0.29) is 6.10 Å². The first kappa shape index (κ1) is 37.5. The van der Waals surface area contributed by atoms with Gasteiger partial charge >= 0.3 is 0 Å². The van der Waals surface area contributed by atoms with Gasteiger partial charge in [-0.05, 0) is 139 Å². The molecule has 3 heteroatoms. The average molecular weight is 813 g/mol. The van der Waals surface area contributed by atoms with Gasteiger partial charge in [-0.3, -0.25) is 0 Å². The van der Waals surface area contributed by atoms with Crippen molar-refractivity contribution in [3.05, 3.63) is 228 Å². The molecule has 0 N–H and O–H groups in total. The van der Waals surface area contributed by atoms with E-state index in [0.717, 1.165) is 60.4 Å². The Morgan fingerprint density at radius 1 is 0.556 bits per heavy atom. The van der Waals surface area contributed by atoms with Gasteiger partial charge in [0.05, 0.1) is 11.2 Å². The number of benzene rings is 6. The minimum absolute atomic E-state index is 0.192. The van der Waals surface area contributed by atoms with Crippen molar-refractivity contribution < 1.29 is 4.74 Å². The lowest BCUT2D eigenvalue weighted by Crippen LogP contribution is -2.31. The van der Waals surface area contributed by atoms with Gasteiger partial charge in [-0.15, -0.1) is 0 Å². The van der Waals surface area contributed by atoms with Crippen LogP contribution >= 0.6 is 0 Å². The van der Waals surface area contributed by atoms with Crippen molar-refractivity contribution in [2.75, 3.05) is 4.90 Å². The molecule has 7 aromatic carbocycles. The molecule has 63 heavy (non-hydrogen) atoms. The number of hydrogen-bond donors (Lipinski definition) is 0. The lowest BCUT2D eigenvalue weighted by molar-refractivity contribution is 0.138. The summed E-state index contributed by atoms with van der Waals surface area (Å²) in [4.78, 5) is 2.41. The second-order valence-electron chi connectivity index (χ2n) is 17.5. The van der Waals surface area contributed by atoms with Crippen molar-refractivity contribution in [1.29, 1.82) is 0 Å².